The Bertz CT molecular complexity index is 658. The number of hydrogen-bond donors (Lipinski definition) is 0. The van der Waals surface area contributed by atoms with Gasteiger partial charge < -0.3 is 9.64 Å². The lowest BCUT2D eigenvalue weighted by Gasteiger charge is -2.11. The Kier molecular flexibility index (Phi) is 4.85. The van der Waals surface area contributed by atoms with Crippen molar-refractivity contribution < 1.29 is 13.9 Å². The van der Waals surface area contributed by atoms with Crippen LogP contribution < -0.4 is 4.74 Å². The van der Waals surface area contributed by atoms with Crippen molar-refractivity contribution in [2.24, 2.45) is 0 Å². The standard InChI is InChI=1S/C16H16FNO2S/c1-18(2)16(19)11-5-4-6-12(9-11)21-13-7-8-14(17)15(10-13)20-3/h4-10H,1-3H3. The molecule has 0 atom stereocenters. The zero-order valence-electron chi connectivity index (χ0n) is 12.1. The molecule has 0 unspecified atom stereocenters. The van der Waals surface area contributed by atoms with E-state index >= 15 is 0 Å². The van der Waals surface area contributed by atoms with Gasteiger partial charge in [0, 0.05) is 29.4 Å². The molecule has 0 aliphatic heterocycles. The van der Waals surface area contributed by atoms with Gasteiger partial charge >= 0.3 is 0 Å². The van der Waals surface area contributed by atoms with Crippen LogP contribution in [0.25, 0.3) is 0 Å². The van der Waals surface area contributed by atoms with Gasteiger partial charge in [-0.05, 0) is 36.4 Å². The molecule has 3 nitrogen and oxygen atoms in total. The highest BCUT2D eigenvalue weighted by molar-refractivity contribution is 7.99. The Balaban J connectivity index is 2.24. The summed E-state index contributed by atoms with van der Waals surface area (Å²) in [5.41, 5.74) is 0.624. The highest BCUT2D eigenvalue weighted by Gasteiger charge is 2.09. The highest BCUT2D eigenvalue weighted by Crippen LogP contribution is 2.31. The summed E-state index contributed by atoms with van der Waals surface area (Å²) in [6.07, 6.45) is 0. The van der Waals surface area contributed by atoms with E-state index in [1.807, 2.05) is 18.2 Å². The lowest BCUT2D eigenvalue weighted by atomic mass is 10.2. The molecule has 2 aromatic rings. The molecule has 110 valence electrons. The number of rotatable bonds is 4. The van der Waals surface area contributed by atoms with E-state index in [0.717, 1.165) is 9.79 Å². The van der Waals surface area contributed by atoms with Gasteiger partial charge in [-0.1, -0.05) is 17.8 Å². The van der Waals surface area contributed by atoms with Crippen LogP contribution in [-0.2, 0) is 0 Å². The minimum absolute atomic E-state index is 0.0471. The maximum atomic E-state index is 13.4. The topological polar surface area (TPSA) is 29.5 Å². The maximum Gasteiger partial charge on any atom is 0.253 e. The highest BCUT2D eigenvalue weighted by atomic mass is 32.2. The van der Waals surface area contributed by atoms with Gasteiger partial charge in [0.25, 0.3) is 5.91 Å². The molecule has 21 heavy (non-hydrogen) atoms. The third kappa shape index (κ3) is 3.76. The normalized spacial score (nSPS) is 10.3. The lowest BCUT2D eigenvalue weighted by molar-refractivity contribution is 0.0827. The number of benzene rings is 2. The third-order valence-electron chi connectivity index (χ3n) is 2.85. The molecular formula is C16H16FNO2S. The van der Waals surface area contributed by atoms with Crippen LogP contribution in [0.2, 0.25) is 0 Å². The van der Waals surface area contributed by atoms with Crippen molar-refractivity contribution in [3.8, 4) is 5.75 Å². The lowest BCUT2D eigenvalue weighted by Crippen LogP contribution is -2.21. The van der Waals surface area contributed by atoms with E-state index in [0.29, 0.717) is 5.56 Å². The number of hydrogen-bond acceptors (Lipinski definition) is 3. The molecular weight excluding hydrogens is 289 g/mol. The van der Waals surface area contributed by atoms with Gasteiger partial charge in [-0.3, -0.25) is 4.79 Å². The first-order valence-corrected chi connectivity index (χ1v) is 7.16. The molecule has 0 aliphatic rings. The van der Waals surface area contributed by atoms with Crippen LogP contribution in [0.5, 0.6) is 5.75 Å². The summed E-state index contributed by atoms with van der Waals surface area (Å²) in [6.45, 7) is 0. The van der Waals surface area contributed by atoms with Crippen LogP contribution >= 0.6 is 11.8 Å². The number of ether oxygens (including phenoxy) is 1. The van der Waals surface area contributed by atoms with Crippen LogP contribution in [0.3, 0.4) is 0 Å². The molecule has 0 aromatic heterocycles. The van der Waals surface area contributed by atoms with Gasteiger partial charge in [-0.25, -0.2) is 4.39 Å². The maximum absolute atomic E-state index is 13.4. The van der Waals surface area contributed by atoms with Gasteiger partial charge in [-0.2, -0.15) is 0 Å². The molecule has 2 rings (SSSR count). The summed E-state index contributed by atoms with van der Waals surface area (Å²) in [7, 11) is 4.86. The molecule has 0 N–H and O–H groups in total. The van der Waals surface area contributed by atoms with Crippen LogP contribution in [0, 0.1) is 5.82 Å². The Morgan fingerprint density at radius 2 is 1.86 bits per heavy atom. The fraction of sp³-hybridized carbons (Fsp3) is 0.188. The monoisotopic (exact) mass is 305 g/mol. The van der Waals surface area contributed by atoms with Crippen molar-refractivity contribution in [1.82, 2.24) is 4.90 Å². The smallest absolute Gasteiger partial charge is 0.253 e. The Morgan fingerprint density at radius 1 is 1.14 bits per heavy atom. The number of nitrogens with zero attached hydrogens (tertiary/aromatic N) is 1. The molecule has 5 heteroatoms. The summed E-state index contributed by atoms with van der Waals surface area (Å²) in [4.78, 5) is 15.2. The van der Waals surface area contributed by atoms with Crippen molar-refractivity contribution in [3.05, 3.63) is 53.8 Å². The molecule has 0 radical (unpaired) electrons. The van der Waals surface area contributed by atoms with Crippen molar-refractivity contribution in [3.63, 3.8) is 0 Å². The van der Waals surface area contributed by atoms with E-state index in [1.165, 1.54) is 29.8 Å². The number of methoxy groups -OCH3 is 1. The van der Waals surface area contributed by atoms with Crippen LogP contribution in [0.4, 0.5) is 4.39 Å². The zero-order valence-corrected chi connectivity index (χ0v) is 12.9. The van der Waals surface area contributed by atoms with Gasteiger partial charge in [0.05, 0.1) is 7.11 Å². The zero-order chi connectivity index (χ0) is 15.4. The van der Waals surface area contributed by atoms with Gasteiger partial charge in [-0.15, -0.1) is 0 Å². The third-order valence-corrected chi connectivity index (χ3v) is 3.82. The fourth-order valence-electron chi connectivity index (χ4n) is 1.79. The predicted molar refractivity (Wildman–Crippen MR) is 81.5 cm³/mol. The van der Waals surface area contributed by atoms with Crippen LogP contribution in [0.1, 0.15) is 10.4 Å². The van der Waals surface area contributed by atoms with Crippen LogP contribution in [0.15, 0.2) is 52.3 Å². The summed E-state index contributed by atoms with van der Waals surface area (Å²) >= 11 is 1.45. The van der Waals surface area contributed by atoms with E-state index in [1.54, 1.807) is 32.3 Å². The number of carbonyl (C=O) groups is 1. The van der Waals surface area contributed by atoms with Crippen molar-refractivity contribution in [1.29, 1.82) is 0 Å². The first-order chi connectivity index (χ1) is 10.0. The Labute approximate surface area is 127 Å². The second kappa shape index (κ2) is 6.63. The molecule has 1 amide bonds. The second-order valence-electron chi connectivity index (χ2n) is 4.63. The molecule has 0 fully saturated rings. The van der Waals surface area contributed by atoms with Crippen LogP contribution in [-0.4, -0.2) is 32.0 Å². The molecule has 0 saturated heterocycles. The van der Waals surface area contributed by atoms with Crippen molar-refractivity contribution in [2.45, 2.75) is 9.79 Å². The van der Waals surface area contributed by atoms with E-state index in [2.05, 4.69) is 0 Å². The average Bonchev–Trinajstić information content (AvgIpc) is 2.48. The largest absolute Gasteiger partial charge is 0.494 e. The SMILES string of the molecule is COc1cc(Sc2cccc(C(=O)N(C)C)c2)ccc1F. The summed E-state index contributed by atoms with van der Waals surface area (Å²) in [5, 5.41) is 0. The van der Waals surface area contributed by atoms with Gasteiger partial charge in [0.2, 0.25) is 0 Å². The molecule has 2 aromatic carbocycles. The summed E-state index contributed by atoms with van der Waals surface area (Å²) in [5.74, 6) is -0.229. The molecule has 0 spiro atoms. The van der Waals surface area contributed by atoms with Gasteiger partial charge in [0.15, 0.2) is 11.6 Å². The first-order valence-electron chi connectivity index (χ1n) is 6.34. The predicted octanol–water partition coefficient (Wildman–Crippen LogP) is 3.69. The minimum Gasteiger partial charge on any atom is -0.494 e. The summed E-state index contributed by atoms with van der Waals surface area (Å²) < 4.78 is 18.4. The van der Waals surface area contributed by atoms with Crippen molar-refractivity contribution in [2.75, 3.05) is 21.2 Å². The first kappa shape index (κ1) is 15.4. The second-order valence-corrected chi connectivity index (χ2v) is 5.77. The Hall–Kier alpha value is -2.01. The number of carbonyl (C=O) groups excluding carboxylic acids is 1. The fourth-order valence-corrected chi connectivity index (χ4v) is 2.70. The van der Waals surface area contributed by atoms with Crippen molar-refractivity contribution >= 4 is 17.7 Å². The van der Waals surface area contributed by atoms with E-state index < -0.39 is 5.82 Å². The molecule has 0 heterocycles. The molecule has 0 saturated carbocycles. The van der Waals surface area contributed by atoms with E-state index in [-0.39, 0.29) is 11.7 Å². The minimum atomic E-state index is -0.390. The average molecular weight is 305 g/mol. The molecule has 0 bridgehead atoms. The number of amides is 1. The van der Waals surface area contributed by atoms with Gasteiger partial charge in [0.1, 0.15) is 0 Å². The quantitative estimate of drug-likeness (QED) is 0.863. The van der Waals surface area contributed by atoms with E-state index in [9.17, 15) is 9.18 Å². The Morgan fingerprint density at radius 3 is 2.52 bits per heavy atom. The summed E-state index contributed by atoms with van der Waals surface area (Å²) in [6, 6.07) is 12.0. The van der Waals surface area contributed by atoms with E-state index in [4.69, 9.17) is 4.74 Å². The number of halogens is 1. The molecule has 0 aliphatic carbocycles.